The summed E-state index contributed by atoms with van der Waals surface area (Å²) in [6, 6.07) is 0. The number of nitrogens with zero attached hydrogens (tertiary/aromatic N) is 3. The van der Waals surface area contributed by atoms with Crippen molar-refractivity contribution in [2.75, 3.05) is 11.2 Å². The summed E-state index contributed by atoms with van der Waals surface area (Å²) < 4.78 is 2.40. The van der Waals surface area contributed by atoms with Gasteiger partial charge in [0.15, 0.2) is 4.32 Å². The van der Waals surface area contributed by atoms with E-state index in [9.17, 15) is 0 Å². The Labute approximate surface area is 87.1 Å². The van der Waals surface area contributed by atoms with Crippen molar-refractivity contribution in [1.29, 1.82) is 0 Å². The van der Waals surface area contributed by atoms with Crippen molar-refractivity contribution in [3.63, 3.8) is 0 Å². The van der Waals surface area contributed by atoms with Gasteiger partial charge in [0.25, 0.3) is 0 Å². The number of thiocarbonyl (C=S) groups is 1. The third-order valence-electron chi connectivity index (χ3n) is 1.37. The molecule has 0 amide bonds. The molecular formula is C7H12N4S2. The zero-order valence-electron chi connectivity index (χ0n) is 7.43. The highest BCUT2D eigenvalue weighted by Gasteiger charge is 1.96. The number of hydrogen-bond acceptors (Lipinski definition) is 4. The summed E-state index contributed by atoms with van der Waals surface area (Å²) in [5, 5.41) is 7.31. The Morgan fingerprint density at radius 3 is 2.85 bits per heavy atom. The first-order valence-corrected chi connectivity index (χ1v) is 5.50. The van der Waals surface area contributed by atoms with Crippen LogP contribution in [0.1, 0.15) is 19.8 Å². The van der Waals surface area contributed by atoms with Gasteiger partial charge in [0.05, 0.1) is 0 Å². The first kappa shape index (κ1) is 10.5. The van der Waals surface area contributed by atoms with E-state index in [2.05, 4.69) is 22.5 Å². The molecule has 0 aliphatic heterocycles. The van der Waals surface area contributed by atoms with Crippen LogP contribution in [-0.2, 0) is 0 Å². The molecule has 1 aromatic heterocycles. The Morgan fingerprint density at radius 1 is 1.54 bits per heavy atom. The maximum absolute atomic E-state index is 5.09. The average Bonchev–Trinajstić information content (AvgIpc) is 2.57. The van der Waals surface area contributed by atoms with Crippen molar-refractivity contribution in [3.05, 3.63) is 12.7 Å². The Bertz CT molecular complexity index is 247. The summed E-state index contributed by atoms with van der Waals surface area (Å²) in [6.07, 6.45) is 5.54. The third-order valence-corrected chi connectivity index (χ3v) is 2.66. The van der Waals surface area contributed by atoms with E-state index in [1.807, 2.05) is 0 Å². The molecule has 13 heavy (non-hydrogen) atoms. The third kappa shape index (κ3) is 4.23. The van der Waals surface area contributed by atoms with Gasteiger partial charge in [0.2, 0.25) is 0 Å². The molecule has 0 bridgehead atoms. The monoisotopic (exact) mass is 216 g/mol. The second-order valence-electron chi connectivity index (χ2n) is 2.47. The zero-order valence-corrected chi connectivity index (χ0v) is 9.07. The molecule has 0 aromatic carbocycles. The summed E-state index contributed by atoms with van der Waals surface area (Å²) in [7, 11) is 0. The van der Waals surface area contributed by atoms with E-state index in [4.69, 9.17) is 12.2 Å². The first-order chi connectivity index (χ1) is 6.33. The van der Waals surface area contributed by atoms with E-state index in [-0.39, 0.29) is 0 Å². The van der Waals surface area contributed by atoms with Gasteiger partial charge in [-0.15, -0.1) is 10.2 Å². The van der Waals surface area contributed by atoms with E-state index >= 15 is 0 Å². The van der Waals surface area contributed by atoms with Crippen molar-refractivity contribution in [2.24, 2.45) is 0 Å². The van der Waals surface area contributed by atoms with Crippen molar-refractivity contribution in [3.8, 4) is 0 Å². The average molecular weight is 216 g/mol. The number of aromatic nitrogens is 3. The van der Waals surface area contributed by atoms with E-state index in [1.165, 1.54) is 12.8 Å². The molecule has 0 radical (unpaired) electrons. The summed E-state index contributed by atoms with van der Waals surface area (Å²) in [6.45, 7) is 2.16. The standard InChI is InChI=1S/C7H12N4S2/c1-2-3-4-13-7(12)10-11-5-8-9-6-11/h5-6H,2-4H2,1H3,(H,10,12). The number of unbranched alkanes of at least 4 members (excludes halogenated alkanes) is 1. The normalized spacial score (nSPS) is 9.92. The van der Waals surface area contributed by atoms with Crippen LogP contribution in [0.25, 0.3) is 0 Å². The molecule has 0 unspecified atom stereocenters. The van der Waals surface area contributed by atoms with Gasteiger partial charge in [-0.3, -0.25) is 5.43 Å². The summed E-state index contributed by atoms with van der Waals surface area (Å²) in [5.41, 5.74) is 2.97. The minimum atomic E-state index is 0.758. The molecule has 0 atom stereocenters. The van der Waals surface area contributed by atoms with Crippen LogP contribution in [-0.4, -0.2) is 24.9 Å². The fourth-order valence-corrected chi connectivity index (χ4v) is 1.85. The highest BCUT2D eigenvalue weighted by molar-refractivity contribution is 8.23. The van der Waals surface area contributed by atoms with E-state index in [0.717, 1.165) is 10.1 Å². The van der Waals surface area contributed by atoms with Gasteiger partial charge < -0.3 is 0 Å². The first-order valence-electron chi connectivity index (χ1n) is 4.11. The lowest BCUT2D eigenvalue weighted by atomic mass is 10.4. The number of thioether (sulfide) groups is 1. The minimum Gasteiger partial charge on any atom is -0.276 e. The Hall–Kier alpha value is -0.620. The van der Waals surface area contributed by atoms with Crippen LogP contribution >= 0.6 is 24.0 Å². The molecule has 1 N–H and O–H groups in total. The fraction of sp³-hybridized carbons (Fsp3) is 0.571. The summed E-state index contributed by atoms with van der Waals surface area (Å²) in [4.78, 5) is 0. The van der Waals surface area contributed by atoms with Gasteiger partial charge in [-0.2, -0.15) is 0 Å². The molecule has 72 valence electrons. The van der Waals surface area contributed by atoms with Crippen LogP contribution in [0.3, 0.4) is 0 Å². The number of nitrogens with one attached hydrogen (secondary N) is 1. The Kier molecular flexibility index (Phi) is 4.77. The van der Waals surface area contributed by atoms with Gasteiger partial charge in [-0.25, -0.2) is 4.68 Å². The molecule has 4 nitrogen and oxygen atoms in total. The number of hydrogen-bond donors (Lipinski definition) is 1. The maximum atomic E-state index is 5.09. The molecule has 0 aliphatic rings. The molecule has 0 spiro atoms. The topological polar surface area (TPSA) is 42.7 Å². The molecule has 0 fully saturated rings. The SMILES string of the molecule is CCCCSC(=S)Nn1cnnc1. The molecule has 1 heterocycles. The molecule has 6 heteroatoms. The highest BCUT2D eigenvalue weighted by Crippen LogP contribution is 2.06. The van der Waals surface area contributed by atoms with Gasteiger partial charge >= 0.3 is 0 Å². The largest absolute Gasteiger partial charge is 0.276 e. The lowest BCUT2D eigenvalue weighted by Crippen LogP contribution is -2.16. The fourth-order valence-electron chi connectivity index (χ4n) is 0.705. The molecule has 0 aliphatic carbocycles. The van der Waals surface area contributed by atoms with Gasteiger partial charge in [0.1, 0.15) is 12.7 Å². The Morgan fingerprint density at radius 2 is 2.23 bits per heavy atom. The van der Waals surface area contributed by atoms with E-state index in [1.54, 1.807) is 29.1 Å². The van der Waals surface area contributed by atoms with E-state index in [0.29, 0.717) is 0 Å². The van der Waals surface area contributed by atoms with Crippen LogP contribution in [0.4, 0.5) is 0 Å². The molecule has 0 saturated carbocycles. The smallest absolute Gasteiger partial charge is 0.152 e. The van der Waals surface area contributed by atoms with Crippen LogP contribution in [0.2, 0.25) is 0 Å². The van der Waals surface area contributed by atoms with Crippen LogP contribution < -0.4 is 5.43 Å². The second kappa shape index (κ2) is 5.93. The quantitative estimate of drug-likeness (QED) is 0.612. The zero-order chi connectivity index (χ0) is 9.52. The number of rotatable bonds is 4. The van der Waals surface area contributed by atoms with E-state index < -0.39 is 0 Å². The molecule has 1 rings (SSSR count). The molecule has 0 saturated heterocycles. The van der Waals surface area contributed by atoms with Crippen molar-refractivity contribution >= 4 is 28.3 Å². The summed E-state index contributed by atoms with van der Waals surface area (Å²) >= 11 is 6.73. The lowest BCUT2D eigenvalue weighted by Gasteiger charge is -2.05. The van der Waals surface area contributed by atoms with Crippen LogP contribution in [0.15, 0.2) is 12.7 Å². The summed E-state index contributed by atoms with van der Waals surface area (Å²) in [5.74, 6) is 1.06. The van der Waals surface area contributed by atoms with Crippen molar-refractivity contribution < 1.29 is 0 Å². The minimum absolute atomic E-state index is 0.758. The van der Waals surface area contributed by atoms with Gasteiger partial charge in [0, 0.05) is 5.75 Å². The second-order valence-corrected chi connectivity index (χ2v) is 4.24. The van der Waals surface area contributed by atoms with Gasteiger partial charge in [-0.1, -0.05) is 37.3 Å². The van der Waals surface area contributed by atoms with Crippen molar-refractivity contribution in [2.45, 2.75) is 19.8 Å². The van der Waals surface area contributed by atoms with Gasteiger partial charge in [-0.05, 0) is 6.42 Å². The maximum Gasteiger partial charge on any atom is 0.152 e. The lowest BCUT2D eigenvalue weighted by molar-refractivity contribution is 0.898. The van der Waals surface area contributed by atoms with Crippen LogP contribution in [0, 0.1) is 0 Å². The predicted octanol–water partition coefficient (Wildman–Crippen LogP) is 1.64. The Balaban J connectivity index is 2.18. The van der Waals surface area contributed by atoms with Crippen LogP contribution in [0.5, 0.6) is 0 Å². The molecule has 1 aromatic rings. The predicted molar refractivity (Wildman–Crippen MR) is 59.3 cm³/mol. The van der Waals surface area contributed by atoms with Crippen molar-refractivity contribution in [1.82, 2.24) is 14.9 Å². The highest BCUT2D eigenvalue weighted by atomic mass is 32.2. The molecular weight excluding hydrogens is 204 g/mol.